The van der Waals surface area contributed by atoms with Crippen molar-refractivity contribution in [3.8, 4) is 17.0 Å². The Morgan fingerprint density at radius 3 is 2.93 bits per heavy atom. The van der Waals surface area contributed by atoms with Gasteiger partial charge in [0.25, 0.3) is 0 Å². The molecule has 7 nitrogen and oxygen atoms in total. The maximum Gasteiger partial charge on any atom is 0.416 e. The lowest BCUT2D eigenvalue weighted by atomic mass is 10.0. The molecule has 1 amide bonds. The fourth-order valence-corrected chi connectivity index (χ4v) is 3.11. The first-order valence-corrected chi connectivity index (χ1v) is 8.46. The number of aromatic hydroxyl groups is 1. The van der Waals surface area contributed by atoms with Crippen molar-refractivity contribution in [2.75, 3.05) is 11.4 Å². The molecule has 27 heavy (non-hydrogen) atoms. The van der Waals surface area contributed by atoms with Gasteiger partial charge in [0.05, 0.1) is 5.69 Å². The van der Waals surface area contributed by atoms with Crippen LogP contribution in [0, 0.1) is 12.7 Å². The lowest BCUT2D eigenvalue weighted by Crippen LogP contribution is -2.39. The molecule has 1 aliphatic heterocycles. The first-order chi connectivity index (χ1) is 13.0. The average Bonchev–Trinajstić information content (AvgIpc) is 3.14. The van der Waals surface area contributed by atoms with Gasteiger partial charge in [-0.25, -0.2) is 9.18 Å². The Kier molecular flexibility index (Phi) is 4.23. The molecule has 0 radical (unpaired) electrons. The van der Waals surface area contributed by atoms with Crippen LogP contribution in [0.1, 0.15) is 23.7 Å². The van der Waals surface area contributed by atoms with Crippen LogP contribution in [0.5, 0.6) is 5.75 Å². The van der Waals surface area contributed by atoms with Gasteiger partial charge in [-0.15, -0.1) is 0 Å². The van der Waals surface area contributed by atoms with E-state index < -0.39 is 23.8 Å². The molecule has 3 heterocycles. The number of phenolic OH excluding ortho intramolecular Hbond substituents is 1. The number of ether oxygens (including phenoxy) is 1. The number of benzene rings is 1. The number of nitrogens with zero attached hydrogens (tertiary/aromatic N) is 3. The van der Waals surface area contributed by atoms with Crippen LogP contribution in [0.4, 0.5) is 15.0 Å². The number of anilines is 1. The molecule has 1 fully saturated rings. The number of halogens is 1. The average molecular weight is 368 g/mol. The number of carbonyl (C=O) groups is 1. The molecular formula is C19H17FN4O3. The van der Waals surface area contributed by atoms with Crippen LogP contribution in [0.15, 0.2) is 42.7 Å². The van der Waals surface area contributed by atoms with E-state index in [-0.39, 0.29) is 0 Å². The maximum atomic E-state index is 13.6. The van der Waals surface area contributed by atoms with E-state index in [0.717, 1.165) is 16.8 Å². The van der Waals surface area contributed by atoms with Crippen LogP contribution in [0.3, 0.4) is 0 Å². The Morgan fingerprint density at radius 2 is 2.19 bits per heavy atom. The lowest BCUT2D eigenvalue weighted by molar-refractivity contribution is 0.0837. The summed E-state index contributed by atoms with van der Waals surface area (Å²) in [5, 5.41) is 16.4. The Morgan fingerprint density at radius 1 is 1.33 bits per heavy atom. The van der Waals surface area contributed by atoms with Crippen LogP contribution in [-0.2, 0) is 4.74 Å². The molecule has 1 atom stereocenters. The van der Waals surface area contributed by atoms with Gasteiger partial charge in [-0.05, 0) is 36.2 Å². The third-order valence-corrected chi connectivity index (χ3v) is 4.57. The number of aromatic amines is 1. The SMILES string of the molecule is Cc1cnccc1-c1cc(N2CCC(c3ccc(O)c(F)c3)OC2=O)n[nH]1. The number of aryl methyl sites for hydroxylation is 1. The van der Waals surface area contributed by atoms with Crippen molar-refractivity contribution in [1.29, 1.82) is 0 Å². The maximum absolute atomic E-state index is 13.6. The quantitative estimate of drug-likeness (QED) is 0.735. The van der Waals surface area contributed by atoms with Gasteiger partial charge in [0, 0.05) is 37.0 Å². The number of rotatable bonds is 3. The van der Waals surface area contributed by atoms with Crippen molar-refractivity contribution in [2.24, 2.45) is 0 Å². The van der Waals surface area contributed by atoms with E-state index in [1.807, 2.05) is 13.0 Å². The summed E-state index contributed by atoms with van der Waals surface area (Å²) < 4.78 is 19.0. The van der Waals surface area contributed by atoms with E-state index in [1.54, 1.807) is 24.5 Å². The van der Waals surface area contributed by atoms with E-state index in [1.165, 1.54) is 17.0 Å². The molecule has 0 saturated carbocycles. The third kappa shape index (κ3) is 3.21. The van der Waals surface area contributed by atoms with Crippen molar-refractivity contribution in [3.05, 3.63) is 59.7 Å². The highest BCUT2D eigenvalue weighted by Gasteiger charge is 2.31. The van der Waals surface area contributed by atoms with Crippen molar-refractivity contribution in [2.45, 2.75) is 19.4 Å². The molecule has 0 spiro atoms. The van der Waals surface area contributed by atoms with Gasteiger partial charge in [-0.1, -0.05) is 6.07 Å². The van der Waals surface area contributed by atoms with Crippen molar-refractivity contribution >= 4 is 11.9 Å². The number of nitrogens with one attached hydrogen (secondary N) is 1. The highest BCUT2D eigenvalue weighted by Crippen LogP contribution is 2.32. The van der Waals surface area contributed by atoms with Gasteiger partial charge in [-0.3, -0.25) is 15.0 Å². The monoisotopic (exact) mass is 368 g/mol. The summed E-state index contributed by atoms with van der Waals surface area (Å²) in [7, 11) is 0. The third-order valence-electron chi connectivity index (χ3n) is 4.57. The van der Waals surface area contributed by atoms with E-state index in [0.29, 0.717) is 24.3 Å². The van der Waals surface area contributed by atoms with Crippen LogP contribution < -0.4 is 4.90 Å². The van der Waals surface area contributed by atoms with Crippen LogP contribution in [-0.4, -0.2) is 32.9 Å². The van der Waals surface area contributed by atoms with E-state index in [2.05, 4.69) is 15.2 Å². The summed E-state index contributed by atoms with van der Waals surface area (Å²) >= 11 is 0. The second-order valence-electron chi connectivity index (χ2n) is 6.35. The van der Waals surface area contributed by atoms with Gasteiger partial charge < -0.3 is 9.84 Å². The summed E-state index contributed by atoms with van der Waals surface area (Å²) in [6, 6.07) is 7.63. The number of carbonyl (C=O) groups excluding carboxylic acids is 1. The lowest BCUT2D eigenvalue weighted by Gasteiger charge is -2.30. The largest absolute Gasteiger partial charge is 0.505 e. The molecule has 1 unspecified atom stereocenters. The molecule has 8 heteroatoms. The Hall–Kier alpha value is -3.42. The van der Waals surface area contributed by atoms with E-state index in [9.17, 15) is 14.3 Å². The first kappa shape index (κ1) is 17.0. The molecule has 2 N–H and O–H groups in total. The van der Waals surface area contributed by atoms with Gasteiger partial charge in [0.15, 0.2) is 17.4 Å². The zero-order chi connectivity index (χ0) is 19.0. The van der Waals surface area contributed by atoms with Gasteiger partial charge in [0.2, 0.25) is 0 Å². The summed E-state index contributed by atoms with van der Waals surface area (Å²) in [6.45, 7) is 2.32. The molecule has 4 rings (SSSR count). The zero-order valence-electron chi connectivity index (χ0n) is 14.5. The standard InChI is InChI=1S/C19H17FN4O3/c1-11-10-21-6-4-13(11)15-9-18(23-22-15)24-7-5-17(27-19(24)26)12-2-3-16(25)14(20)8-12/h2-4,6,8-10,17,25H,5,7H2,1H3,(H,22,23). The predicted octanol–water partition coefficient (Wildman–Crippen LogP) is 3.71. The first-order valence-electron chi connectivity index (χ1n) is 8.46. The number of phenols is 1. The summed E-state index contributed by atoms with van der Waals surface area (Å²) in [6.07, 6.45) is 2.81. The van der Waals surface area contributed by atoms with Crippen LogP contribution in [0.25, 0.3) is 11.3 Å². The minimum Gasteiger partial charge on any atom is -0.505 e. The second-order valence-corrected chi connectivity index (χ2v) is 6.35. The Bertz CT molecular complexity index is 1000. The highest BCUT2D eigenvalue weighted by molar-refractivity contribution is 5.88. The Labute approximate surface area is 154 Å². The number of H-pyrrole nitrogens is 1. The molecule has 0 bridgehead atoms. The molecule has 1 aliphatic rings. The van der Waals surface area contributed by atoms with Gasteiger partial charge >= 0.3 is 6.09 Å². The van der Waals surface area contributed by atoms with Crippen molar-refractivity contribution in [3.63, 3.8) is 0 Å². The molecule has 1 saturated heterocycles. The molecule has 138 valence electrons. The second kappa shape index (κ2) is 6.71. The smallest absolute Gasteiger partial charge is 0.416 e. The van der Waals surface area contributed by atoms with E-state index in [4.69, 9.17) is 4.74 Å². The molecule has 2 aromatic heterocycles. The Balaban J connectivity index is 1.51. The zero-order valence-corrected chi connectivity index (χ0v) is 14.5. The minimum absolute atomic E-state index is 0.381. The number of cyclic esters (lactones) is 1. The minimum atomic E-state index is -0.740. The highest BCUT2D eigenvalue weighted by atomic mass is 19.1. The number of hydrogen-bond donors (Lipinski definition) is 2. The molecular weight excluding hydrogens is 351 g/mol. The predicted molar refractivity (Wildman–Crippen MR) is 95.8 cm³/mol. The van der Waals surface area contributed by atoms with Crippen molar-refractivity contribution in [1.82, 2.24) is 15.2 Å². The van der Waals surface area contributed by atoms with E-state index >= 15 is 0 Å². The summed E-state index contributed by atoms with van der Waals surface area (Å²) in [4.78, 5) is 17.9. The summed E-state index contributed by atoms with van der Waals surface area (Å²) in [5.74, 6) is -0.713. The normalized spacial score (nSPS) is 17.0. The number of pyridine rings is 1. The van der Waals surface area contributed by atoms with Crippen LogP contribution >= 0.6 is 0 Å². The fourth-order valence-electron chi connectivity index (χ4n) is 3.11. The topological polar surface area (TPSA) is 91.3 Å². The molecule has 0 aliphatic carbocycles. The van der Waals surface area contributed by atoms with Gasteiger partial charge in [0.1, 0.15) is 6.10 Å². The summed E-state index contributed by atoms with van der Waals surface area (Å²) in [5.41, 5.74) is 3.23. The molecule has 1 aromatic carbocycles. The van der Waals surface area contributed by atoms with Gasteiger partial charge in [-0.2, -0.15) is 5.10 Å². The number of aromatic nitrogens is 3. The number of amides is 1. The molecule has 3 aromatic rings. The van der Waals surface area contributed by atoms with Crippen LogP contribution in [0.2, 0.25) is 0 Å². The van der Waals surface area contributed by atoms with Crippen molar-refractivity contribution < 1.29 is 19.0 Å². The number of hydrogen-bond acceptors (Lipinski definition) is 5. The fraction of sp³-hybridized carbons (Fsp3) is 0.211.